The zero-order chi connectivity index (χ0) is 15.6. The molecule has 0 bridgehead atoms. The SMILES string of the molecule is NCC(=O)COP(=O)(OCC(=O)CN)OCC(=O)CN. The topological polar surface area (TPSA) is 174 Å². The third-order valence-electron chi connectivity index (χ3n) is 1.83. The van der Waals surface area contributed by atoms with E-state index in [2.05, 4.69) is 13.6 Å². The monoisotopic (exact) mass is 311 g/mol. The lowest BCUT2D eigenvalue weighted by Gasteiger charge is -2.16. The summed E-state index contributed by atoms with van der Waals surface area (Å²) in [6.07, 6.45) is 0. The molecule has 0 aromatic carbocycles. The van der Waals surface area contributed by atoms with Gasteiger partial charge in [0.15, 0.2) is 17.3 Å². The van der Waals surface area contributed by atoms with Gasteiger partial charge in [-0.25, -0.2) is 4.57 Å². The molecule has 0 fully saturated rings. The molecule has 6 N–H and O–H groups in total. The van der Waals surface area contributed by atoms with Gasteiger partial charge in [0.2, 0.25) is 0 Å². The van der Waals surface area contributed by atoms with Crippen LogP contribution in [0.3, 0.4) is 0 Å². The Morgan fingerprint density at radius 2 is 0.950 bits per heavy atom. The molecular formula is C9H18N3O7P. The number of rotatable bonds is 12. The molecule has 11 heteroatoms. The molecule has 0 rings (SSSR count). The number of carbonyl (C=O) groups excluding carboxylic acids is 3. The van der Waals surface area contributed by atoms with Gasteiger partial charge < -0.3 is 17.2 Å². The first kappa shape index (κ1) is 19.0. The van der Waals surface area contributed by atoms with Crippen molar-refractivity contribution in [3.8, 4) is 0 Å². The highest BCUT2D eigenvalue weighted by Gasteiger charge is 2.29. The van der Waals surface area contributed by atoms with E-state index in [1.165, 1.54) is 0 Å². The average molecular weight is 311 g/mol. The van der Waals surface area contributed by atoms with Crippen molar-refractivity contribution >= 4 is 25.2 Å². The van der Waals surface area contributed by atoms with Crippen molar-refractivity contribution in [1.82, 2.24) is 0 Å². The van der Waals surface area contributed by atoms with Crippen molar-refractivity contribution in [1.29, 1.82) is 0 Å². The summed E-state index contributed by atoms with van der Waals surface area (Å²) in [7, 11) is -4.25. The third kappa shape index (κ3) is 8.23. The minimum Gasteiger partial charge on any atom is -0.324 e. The molecule has 0 atom stereocenters. The quantitative estimate of drug-likeness (QED) is 0.333. The Morgan fingerprint density at radius 3 is 1.15 bits per heavy atom. The highest BCUT2D eigenvalue weighted by molar-refractivity contribution is 7.48. The molecule has 0 aromatic heterocycles. The number of ketones is 3. The van der Waals surface area contributed by atoms with Crippen molar-refractivity contribution in [3.05, 3.63) is 0 Å². The van der Waals surface area contributed by atoms with E-state index in [0.717, 1.165) is 0 Å². The van der Waals surface area contributed by atoms with Crippen LogP contribution in [0.2, 0.25) is 0 Å². The van der Waals surface area contributed by atoms with E-state index < -0.39 is 45.0 Å². The van der Waals surface area contributed by atoms with Gasteiger partial charge in [-0.3, -0.25) is 28.0 Å². The zero-order valence-electron chi connectivity index (χ0n) is 10.8. The molecule has 0 heterocycles. The van der Waals surface area contributed by atoms with Crippen LogP contribution in [-0.4, -0.2) is 56.8 Å². The average Bonchev–Trinajstić information content (AvgIpc) is 2.47. The van der Waals surface area contributed by atoms with Crippen molar-refractivity contribution in [2.24, 2.45) is 17.2 Å². The molecule has 0 saturated carbocycles. The number of Topliss-reactive ketones (excluding diaryl/α,β-unsaturated/α-hetero) is 3. The van der Waals surface area contributed by atoms with Crippen molar-refractivity contribution in [3.63, 3.8) is 0 Å². The summed E-state index contributed by atoms with van der Waals surface area (Å²) in [6.45, 7) is -2.90. The number of phosphoric acid groups is 1. The Labute approximate surface area is 115 Å². The minimum absolute atomic E-state index is 0.330. The van der Waals surface area contributed by atoms with Gasteiger partial charge in [-0.15, -0.1) is 0 Å². The van der Waals surface area contributed by atoms with Gasteiger partial charge >= 0.3 is 7.82 Å². The molecule has 0 aromatic rings. The van der Waals surface area contributed by atoms with E-state index >= 15 is 0 Å². The Morgan fingerprint density at radius 1 is 0.700 bits per heavy atom. The number of phosphoric ester groups is 1. The predicted octanol–water partition coefficient (Wildman–Crippen LogP) is -2.27. The van der Waals surface area contributed by atoms with Gasteiger partial charge in [-0.2, -0.15) is 0 Å². The largest absolute Gasteiger partial charge is 0.476 e. The van der Waals surface area contributed by atoms with Crippen molar-refractivity contribution in [2.45, 2.75) is 0 Å². The molecule has 10 nitrogen and oxygen atoms in total. The summed E-state index contributed by atoms with van der Waals surface area (Å²) in [5, 5.41) is 0. The minimum atomic E-state index is -4.25. The van der Waals surface area contributed by atoms with Crippen LogP contribution in [0.4, 0.5) is 0 Å². The van der Waals surface area contributed by atoms with Crippen LogP contribution >= 0.6 is 7.82 Å². The molecule has 0 spiro atoms. The Hall–Kier alpha value is -1.00. The Bertz CT molecular complexity index is 344. The molecule has 0 unspecified atom stereocenters. The Kier molecular flexibility index (Phi) is 9.34. The van der Waals surface area contributed by atoms with Crippen LogP contribution in [-0.2, 0) is 32.5 Å². The Balaban J connectivity index is 4.56. The van der Waals surface area contributed by atoms with Crippen LogP contribution in [0.25, 0.3) is 0 Å². The number of nitrogens with two attached hydrogens (primary N) is 3. The first-order valence-corrected chi connectivity index (χ1v) is 7.02. The summed E-state index contributed by atoms with van der Waals surface area (Å²) in [6, 6.07) is 0. The molecule has 20 heavy (non-hydrogen) atoms. The zero-order valence-corrected chi connectivity index (χ0v) is 11.7. The van der Waals surface area contributed by atoms with Crippen LogP contribution in [0.5, 0.6) is 0 Å². The third-order valence-corrected chi connectivity index (χ3v) is 3.17. The van der Waals surface area contributed by atoms with Crippen LogP contribution in [0.1, 0.15) is 0 Å². The molecule has 0 aliphatic carbocycles. The molecule has 116 valence electrons. The lowest BCUT2D eigenvalue weighted by molar-refractivity contribution is -0.122. The smallest absolute Gasteiger partial charge is 0.324 e. The highest BCUT2D eigenvalue weighted by Crippen LogP contribution is 2.49. The van der Waals surface area contributed by atoms with E-state index in [-0.39, 0.29) is 19.6 Å². The van der Waals surface area contributed by atoms with Gasteiger partial charge in [0.25, 0.3) is 0 Å². The maximum absolute atomic E-state index is 12.0. The maximum Gasteiger partial charge on any atom is 0.476 e. The van der Waals surface area contributed by atoms with Gasteiger partial charge in [-0.1, -0.05) is 0 Å². The fourth-order valence-electron chi connectivity index (χ4n) is 0.742. The van der Waals surface area contributed by atoms with Gasteiger partial charge in [0, 0.05) is 0 Å². The van der Waals surface area contributed by atoms with Crippen LogP contribution < -0.4 is 17.2 Å². The molecule has 0 saturated heterocycles. The maximum atomic E-state index is 12.0. The summed E-state index contributed by atoms with van der Waals surface area (Å²) in [5.74, 6) is -1.69. The van der Waals surface area contributed by atoms with E-state index in [0.29, 0.717) is 0 Å². The van der Waals surface area contributed by atoms with Crippen LogP contribution in [0.15, 0.2) is 0 Å². The fraction of sp³-hybridized carbons (Fsp3) is 0.667. The van der Waals surface area contributed by atoms with Gasteiger partial charge in [0.05, 0.1) is 19.6 Å². The normalized spacial score (nSPS) is 11.3. The number of carbonyl (C=O) groups is 3. The van der Waals surface area contributed by atoms with Crippen molar-refractivity contribution in [2.75, 3.05) is 39.5 Å². The van der Waals surface area contributed by atoms with E-state index in [4.69, 9.17) is 17.2 Å². The first-order valence-electron chi connectivity index (χ1n) is 5.55. The summed E-state index contributed by atoms with van der Waals surface area (Å²) < 4.78 is 26.0. The highest BCUT2D eigenvalue weighted by atomic mass is 31.2. The second-order valence-corrected chi connectivity index (χ2v) is 5.16. The molecule has 0 amide bonds. The van der Waals surface area contributed by atoms with E-state index in [1.807, 2.05) is 0 Å². The molecule has 0 aliphatic heterocycles. The number of hydrogen-bond acceptors (Lipinski definition) is 10. The molecule has 0 radical (unpaired) electrons. The van der Waals surface area contributed by atoms with Crippen molar-refractivity contribution < 1.29 is 32.5 Å². The fourth-order valence-corrected chi connectivity index (χ4v) is 1.87. The standard InChI is InChI=1S/C9H18N3O7P/c10-1-7(13)4-17-20(16,18-5-8(14)2-11)19-6-9(15)3-12/h1-6,10-12H2. The van der Waals surface area contributed by atoms with Gasteiger partial charge in [-0.05, 0) is 0 Å². The summed E-state index contributed by atoms with van der Waals surface area (Å²) >= 11 is 0. The predicted molar refractivity (Wildman–Crippen MR) is 67.6 cm³/mol. The summed E-state index contributed by atoms with van der Waals surface area (Å²) in [4.78, 5) is 33.0. The molecule has 0 aliphatic rings. The van der Waals surface area contributed by atoms with Gasteiger partial charge in [0.1, 0.15) is 19.8 Å². The second-order valence-electron chi connectivity index (χ2n) is 3.50. The number of hydrogen-bond donors (Lipinski definition) is 3. The molecular weight excluding hydrogens is 293 g/mol. The second kappa shape index (κ2) is 9.83. The summed E-state index contributed by atoms with van der Waals surface area (Å²) in [5.41, 5.74) is 15.1. The first-order chi connectivity index (χ1) is 9.36. The lowest BCUT2D eigenvalue weighted by atomic mass is 10.4. The van der Waals surface area contributed by atoms with E-state index in [1.54, 1.807) is 0 Å². The van der Waals surface area contributed by atoms with Crippen LogP contribution in [0, 0.1) is 0 Å². The lowest BCUT2D eigenvalue weighted by Crippen LogP contribution is -2.23. The van der Waals surface area contributed by atoms with E-state index in [9.17, 15) is 18.9 Å².